The molecule has 4 nitrogen and oxygen atoms in total. The summed E-state index contributed by atoms with van der Waals surface area (Å²) < 4.78 is 0.809. The van der Waals surface area contributed by atoms with E-state index in [0.717, 1.165) is 3.01 Å². The molecule has 0 aliphatic carbocycles. The highest BCUT2D eigenvalue weighted by Crippen LogP contribution is 2.12. The standard InChI is InChI=1S/C7H6IN3OS/c1-2-10-6(12)5(9)4-3-13-7(8)11-4/h2-3,9H,1H2,(H,10,12). The molecule has 0 aliphatic rings. The van der Waals surface area contributed by atoms with Crippen molar-refractivity contribution in [2.75, 3.05) is 0 Å². The van der Waals surface area contributed by atoms with Crippen LogP contribution >= 0.6 is 33.9 Å². The molecule has 0 spiro atoms. The molecule has 6 heteroatoms. The van der Waals surface area contributed by atoms with E-state index < -0.39 is 5.91 Å². The van der Waals surface area contributed by atoms with Crippen molar-refractivity contribution in [2.45, 2.75) is 0 Å². The highest BCUT2D eigenvalue weighted by Gasteiger charge is 2.12. The molecule has 1 rings (SSSR count). The Kier molecular flexibility index (Phi) is 3.55. The summed E-state index contributed by atoms with van der Waals surface area (Å²) in [5, 5.41) is 11.4. The van der Waals surface area contributed by atoms with E-state index in [1.807, 2.05) is 22.6 Å². The van der Waals surface area contributed by atoms with E-state index in [1.54, 1.807) is 5.38 Å². The minimum atomic E-state index is -0.489. The van der Waals surface area contributed by atoms with E-state index in [0.29, 0.717) is 5.69 Å². The van der Waals surface area contributed by atoms with Gasteiger partial charge in [-0.2, -0.15) is 0 Å². The van der Waals surface area contributed by atoms with Crippen LogP contribution in [0.4, 0.5) is 0 Å². The van der Waals surface area contributed by atoms with Gasteiger partial charge < -0.3 is 5.32 Å². The van der Waals surface area contributed by atoms with Crippen molar-refractivity contribution in [3.05, 3.63) is 26.9 Å². The van der Waals surface area contributed by atoms with Gasteiger partial charge in [-0.15, -0.1) is 11.3 Å². The normalized spacial score (nSPS) is 9.31. The van der Waals surface area contributed by atoms with Crippen LogP contribution in [0.25, 0.3) is 0 Å². The van der Waals surface area contributed by atoms with Crippen LogP contribution in [0, 0.1) is 8.42 Å². The van der Waals surface area contributed by atoms with E-state index in [1.165, 1.54) is 17.5 Å². The van der Waals surface area contributed by atoms with Crippen LogP contribution in [0.2, 0.25) is 0 Å². The van der Waals surface area contributed by atoms with Gasteiger partial charge in [-0.1, -0.05) is 6.58 Å². The van der Waals surface area contributed by atoms with Gasteiger partial charge in [0.25, 0.3) is 5.91 Å². The molecule has 0 atom stereocenters. The molecule has 1 amide bonds. The Morgan fingerprint density at radius 1 is 1.85 bits per heavy atom. The molecule has 0 saturated heterocycles. The SMILES string of the molecule is C=CNC(=O)C(=N)c1csc(I)n1. The first-order chi connectivity index (χ1) is 6.15. The summed E-state index contributed by atoms with van der Waals surface area (Å²) in [6, 6.07) is 0. The number of nitrogens with zero attached hydrogens (tertiary/aromatic N) is 1. The van der Waals surface area contributed by atoms with Crippen molar-refractivity contribution < 1.29 is 4.79 Å². The molecule has 2 N–H and O–H groups in total. The molecule has 0 aliphatic heterocycles. The number of amides is 1. The van der Waals surface area contributed by atoms with Crippen LogP contribution in [-0.4, -0.2) is 16.6 Å². The van der Waals surface area contributed by atoms with Gasteiger partial charge in [0, 0.05) is 5.38 Å². The van der Waals surface area contributed by atoms with Gasteiger partial charge >= 0.3 is 0 Å². The molecular formula is C7H6IN3OS. The van der Waals surface area contributed by atoms with Crippen LogP contribution in [0.3, 0.4) is 0 Å². The Morgan fingerprint density at radius 2 is 2.54 bits per heavy atom. The Morgan fingerprint density at radius 3 is 3.00 bits per heavy atom. The number of carbonyl (C=O) groups is 1. The lowest BCUT2D eigenvalue weighted by atomic mass is 10.3. The van der Waals surface area contributed by atoms with Gasteiger partial charge in [-0.3, -0.25) is 10.2 Å². The second-order valence-electron chi connectivity index (χ2n) is 2.04. The number of nitrogens with one attached hydrogen (secondary N) is 2. The van der Waals surface area contributed by atoms with E-state index >= 15 is 0 Å². The second-order valence-corrected chi connectivity index (χ2v) is 4.65. The van der Waals surface area contributed by atoms with Crippen molar-refractivity contribution >= 4 is 45.5 Å². The Balaban J connectivity index is 2.79. The third-order valence-electron chi connectivity index (χ3n) is 1.19. The largest absolute Gasteiger partial charge is 0.328 e. The maximum Gasteiger partial charge on any atom is 0.275 e. The summed E-state index contributed by atoms with van der Waals surface area (Å²) in [7, 11) is 0. The molecule has 1 aromatic heterocycles. The summed E-state index contributed by atoms with van der Waals surface area (Å²) in [6.45, 7) is 3.33. The first kappa shape index (κ1) is 10.3. The number of aromatic nitrogens is 1. The number of hydrogen-bond acceptors (Lipinski definition) is 4. The average Bonchev–Trinajstić information content (AvgIpc) is 2.51. The molecule has 0 unspecified atom stereocenters. The van der Waals surface area contributed by atoms with E-state index in [9.17, 15) is 4.79 Å². The summed E-state index contributed by atoms with van der Waals surface area (Å²) in [5.41, 5.74) is 0.257. The number of rotatable bonds is 3. The quantitative estimate of drug-likeness (QED) is 0.654. The minimum Gasteiger partial charge on any atom is -0.328 e. The van der Waals surface area contributed by atoms with Gasteiger partial charge in [0.05, 0.1) is 0 Å². The van der Waals surface area contributed by atoms with E-state index in [4.69, 9.17) is 5.41 Å². The Labute approximate surface area is 92.7 Å². The fourth-order valence-electron chi connectivity index (χ4n) is 0.648. The van der Waals surface area contributed by atoms with E-state index in [2.05, 4.69) is 16.9 Å². The van der Waals surface area contributed by atoms with Crippen molar-refractivity contribution in [3.8, 4) is 0 Å². The van der Waals surface area contributed by atoms with Crippen molar-refractivity contribution in [2.24, 2.45) is 0 Å². The van der Waals surface area contributed by atoms with Gasteiger partial charge in [-0.25, -0.2) is 4.98 Å². The number of halogens is 1. The Hall–Kier alpha value is -0.760. The molecular weight excluding hydrogens is 301 g/mol. The number of carbonyl (C=O) groups excluding carboxylic acids is 1. The molecule has 13 heavy (non-hydrogen) atoms. The maximum atomic E-state index is 11.1. The zero-order valence-electron chi connectivity index (χ0n) is 6.50. The average molecular weight is 307 g/mol. The lowest BCUT2D eigenvalue weighted by molar-refractivity contribution is -0.113. The predicted molar refractivity (Wildman–Crippen MR) is 60.0 cm³/mol. The van der Waals surface area contributed by atoms with Crippen LogP contribution < -0.4 is 5.32 Å². The number of hydrogen-bond donors (Lipinski definition) is 2. The monoisotopic (exact) mass is 307 g/mol. The smallest absolute Gasteiger partial charge is 0.275 e. The minimum absolute atomic E-state index is 0.140. The van der Waals surface area contributed by atoms with Crippen LogP contribution in [0.5, 0.6) is 0 Å². The fourth-order valence-corrected chi connectivity index (χ4v) is 1.82. The van der Waals surface area contributed by atoms with Gasteiger partial charge in [-0.05, 0) is 28.8 Å². The van der Waals surface area contributed by atoms with Crippen molar-refractivity contribution in [1.82, 2.24) is 10.3 Å². The molecule has 0 saturated carbocycles. The zero-order valence-corrected chi connectivity index (χ0v) is 9.48. The van der Waals surface area contributed by atoms with E-state index in [-0.39, 0.29) is 5.71 Å². The highest BCUT2D eigenvalue weighted by molar-refractivity contribution is 14.1. The maximum absolute atomic E-state index is 11.1. The summed E-state index contributed by atoms with van der Waals surface area (Å²) in [6.07, 6.45) is 1.24. The topological polar surface area (TPSA) is 65.8 Å². The molecule has 0 aromatic carbocycles. The Bertz CT molecular complexity index is 360. The first-order valence-electron chi connectivity index (χ1n) is 3.27. The van der Waals surface area contributed by atoms with Crippen LogP contribution in [-0.2, 0) is 4.79 Å². The predicted octanol–water partition coefficient (Wildman–Crippen LogP) is 1.38. The number of thiazole rings is 1. The third-order valence-corrected chi connectivity index (χ3v) is 2.82. The first-order valence-corrected chi connectivity index (χ1v) is 5.22. The summed E-state index contributed by atoms with van der Waals surface area (Å²) in [5.74, 6) is -0.489. The summed E-state index contributed by atoms with van der Waals surface area (Å²) in [4.78, 5) is 15.1. The third kappa shape index (κ3) is 2.59. The molecule has 1 heterocycles. The van der Waals surface area contributed by atoms with Crippen LogP contribution in [0.15, 0.2) is 18.2 Å². The molecule has 0 radical (unpaired) electrons. The highest BCUT2D eigenvalue weighted by atomic mass is 127. The molecule has 0 fully saturated rings. The van der Waals surface area contributed by atoms with Crippen molar-refractivity contribution in [3.63, 3.8) is 0 Å². The van der Waals surface area contributed by atoms with Gasteiger partial charge in [0.15, 0.2) is 3.01 Å². The molecule has 0 bridgehead atoms. The molecule has 1 aromatic rings. The second kappa shape index (κ2) is 4.47. The van der Waals surface area contributed by atoms with Crippen LogP contribution in [0.1, 0.15) is 5.69 Å². The van der Waals surface area contributed by atoms with Crippen molar-refractivity contribution in [1.29, 1.82) is 5.41 Å². The molecule has 68 valence electrons. The zero-order chi connectivity index (χ0) is 9.84. The summed E-state index contributed by atoms with van der Waals surface area (Å²) >= 11 is 3.43. The fraction of sp³-hybridized carbons (Fsp3) is 0. The lowest BCUT2D eigenvalue weighted by Gasteiger charge is -1.97. The van der Waals surface area contributed by atoms with Gasteiger partial charge in [0.1, 0.15) is 11.4 Å². The van der Waals surface area contributed by atoms with Gasteiger partial charge in [0.2, 0.25) is 0 Å². The lowest BCUT2D eigenvalue weighted by Crippen LogP contribution is -2.26.